The Hall–Kier alpha value is -4.84. The molecular weight excluding hydrogens is 588 g/mol. The van der Waals surface area contributed by atoms with E-state index in [0.717, 1.165) is 22.0 Å². The molecule has 4 rings (SSSR count). The quantitative estimate of drug-likeness (QED) is 0.282. The highest BCUT2D eigenvalue weighted by Gasteiger charge is 2.34. The summed E-state index contributed by atoms with van der Waals surface area (Å²) < 4.78 is 0. The molecule has 2 aromatic carbocycles. The van der Waals surface area contributed by atoms with E-state index < -0.39 is 60.3 Å². The van der Waals surface area contributed by atoms with Crippen LogP contribution < -0.4 is 21.3 Å². The monoisotopic (exact) mass is 630 g/mol. The third-order valence-corrected chi connectivity index (χ3v) is 7.94. The molecule has 0 saturated carbocycles. The van der Waals surface area contributed by atoms with Crippen molar-refractivity contribution in [3.05, 3.63) is 77.0 Å². The molecule has 1 aliphatic rings. The summed E-state index contributed by atoms with van der Waals surface area (Å²) in [7, 11) is 0. The van der Waals surface area contributed by atoms with Gasteiger partial charge in [0.2, 0.25) is 23.6 Å². The van der Waals surface area contributed by atoms with Crippen LogP contribution in [0, 0.1) is 19.8 Å². The molecule has 46 heavy (non-hydrogen) atoms. The average molecular weight is 631 g/mol. The van der Waals surface area contributed by atoms with E-state index in [2.05, 4.69) is 26.3 Å². The number of carbonyl (C=O) groups excluding carboxylic acids is 5. The van der Waals surface area contributed by atoms with Gasteiger partial charge < -0.3 is 31.3 Å². The van der Waals surface area contributed by atoms with Crippen molar-refractivity contribution in [2.24, 2.45) is 5.92 Å². The highest BCUT2D eigenvalue weighted by molar-refractivity contribution is 6.01. The van der Waals surface area contributed by atoms with Gasteiger partial charge in [-0.2, -0.15) is 0 Å². The van der Waals surface area contributed by atoms with Crippen molar-refractivity contribution in [2.75, 3.05) is 19.6 Å². The van der Waals surface area contributed by atoms with Gasteiger partial charge in [0.25, 0.3) is 5.91 Å². The van der Waals surface area contributed by atoms with Crippen molar-refractivity contribution in [3.63, 3.8) is 0 Å². The zero-order valence-electron chi connectivity index (χ0n) is 26.8. The highest BCUT2D eigenvalue weighted by atomic mass is 16.3. The largest absolute Gasteiger partial charge is 0.391 e. The number of nitrogens with zero attached hydrogens (tertiary/aromatic N) is 2. The number of pyridine rings is 1. The summed E-state index contributed by atoms with van der Waals surface area (Å²) in [6.07, 6.45) is -1.17. The zero-order valence-corrected chi connectivity index (χ0v) is 26.8. The number of hydrogen-bond donors (Lipinski definition) is 5. The summed E-state index contributed by atoms with van der Waals surface area (Å²) in [4.78, 5) is 73.4. The van der Waals surface area contributed by atoms with Crippen LogP contribution in [0.5, 0.6) is 0 Å². The zero-order chi connectivity index (χ0) is 33.5. The second-order valence-electron chi connectivity index (χ2n) is 12.1. The molecule has 0 unspecified atom stereocenters. The molecule has 1 aromatic heterocycles. The van der Waals surface area contributed by atoms with Crippen molar-refractivity contribution in [3.8, 4) is 0 Å². The number of amides is 5. The lowest BCUT2D eigenvalue weighted by Gasteiger charge is -2.27. The van der Waals surface area contributed by atoms with Gasteiger partial charge in [0.1, 0.15) is 18.1 Å². The highest BCUT2D eigenvalue weighted by Crippen LogP contribution is 2.20. The van der Waals surface area contributed by atoms with E-state index >= 15 is 0 Å². The van der Waals surface area contributed by atoms with E-state index in [-0.39, 0.29) is 25.4 Å². The van der Waals surface area contributed by atoms with E-state index in [1.54, 1.807) is 51.1 Å². The smallest absolute Gasteiger partial charge is 0.256 e. The molecule has 0 spiro atoms. The first kappa shape index (κ1) is 34.0. The number of fused-ring (bicyclic) bond motifs is 1. The lowest BCUT2D eigenvalue weighted by molar-refractivity contribution is -0.135. The van der Waals surface area contributed by atoms with E-state index in [0.29, 0.717) is 11.3 Å². The number of nitrogens with one attached hydrogen (secondary N) is 4. The second kappa shape index (κ2) is 15.0. The second-order valence-corrected chi connectivity index (χ2v) is 12.1. The molecule has 1 saturated heterocycles. The molecule has 0 aliphatic carbocycles. The Morgan fingerprint density at radius 1 is 0.913 bits per heavy atom. The Bertz CT molecular complexity index is 1610. The predicted octanol–water partition coefficient (Wildman–Crippen LogP) is 1.16. The number of hydrogen-bond acceptors (Lipinski definition) is 7. The molecular formula is C34H42N6O6. The third kappa shape index (κ3) is 8.45. The van der Waals surface area contributed by atoms with Crippen LogP contribution in [-0.4, -0.2) is 88.4 Å². The van der Waals surface area contributed by atoms with Gasteiger partial charge in [-0.25, -0.2) is 0 Å². The van der Waals surface area contributed by atoms with E-state index in [9.17, 15) is 29.1 Å². The fourth-order valence-corrected chi connectivity index (χ4v) is 5.36. The van der Waals surface area contributed by atoms with Crippen molar-refractivity contribution in [1.82, 2.24) is 31.2 Å². The summed E-state index contributed by atoms with van der Waals surface area (Å²) in [5, 5.41) is 21.9. The molecule has 0 radical (unpaired) electrons. The Morgan fingerprint density at radius 2 is 1.63 bits per heavy atom. The maximum absolute atomic E-state index is 13.9. The van der Waals surface area contributed by atoms with Gasteiger partial charge in [-0.1, -0.05) is 55.8 Å². The van der Waals surface area contributed by atoms with Gasteiger partial charge in [0.15, 0.2) is 0 Å². The number of aryl methyl sites for hydroxylation is 2. The summed E-state index contributed by atoms with van der Waals surface area (Å²) in [5.74, 6) is -3.39. The Balaban J connectivity index is 1.67. The van der Waals surface area contributed by atoms with Crippen LogP contribution in [0.1, 0.15) is 48.0 Å². The normalized spacial score (nSPS) is 21.0. The molecule has 12 nitrogen and oxygen atoms in total. The third-order valence-electron chi connectivity index (χ3n) is 7.94. The number of rotatable bonds is 5. The number of aromatic nitrogens is 1. The average Bonchev–Trinajstić information content (AvgIpc) is 3.00. The summed E-state index contributed by atoms with van der Waals surface area (Å²) in [5.41, 5.74) is 3.25. The Labute approximate surface area is 268 Å². The minimum atomic E-state index is -1.34. The van der Waals surface area contributed by atoms with E-state index in [1.165, 1.54) is 11.8 Å². The van der Waals surface area contributed by atoms with Gasteiger partial charge in [-0.05, 0) is 50.5 Å². The lowest BCUT2D eigenvalue weighted by atomic mass is 10.0. The van der Waals surface area contributed by atoms with Crippen molar-refractivity contribution in [1.29, 1.82) is 0 Å². The van der Waals surface area contributed by atoms with Crippen LogP contribution in [0.15, 0.2) is 54.6 Å². The maximum atomic E-state index is 13.9. The maximum Gasteiger partial charge on any atom is 0.256 e. The number of aliphatic hydroxyl groups excluding tert-OH is 1. The van der Waals surface area contributed by atoms with Crippen molar-refractivity contribution < 1.29 is 29.1 Å². The Morgan fingerprint density at radius 3 is 2.30 bits per heavy atom. The molecule has 244 valence electrons. The predicted molar refractivity (Wildman–Crippen MR) is 173 cm³/mol. The SMILES string of the molecule is Cc1ccc2nc(C)c(C(=O)N3CCNC(=O)[C@H]([C@@H](C)O)NC(=O)[C@H](Cc4ccccc4)NC(=O)[C@@H](C(C)C)NC(=O)C3)cc2c1. The van der Waals surface area contributed by atoms with E-state index in [4.69, 9.17) is 0 Å². The van der Waals surface area contributed by atoms with Crippen LogP contribution in [0.3, 0.4) is 0 Å². The standard InChI is InChI=1S/C34H42N6O6/c1-19(2)29-33(45)37-27(16-23-9-7-6-8-10-23)31(43)39-30(22(5)41)32(44)35-13-14-40(18-28(42)38-29)34(46)25-17-24-15-20(3)11-12-26(24)36-21(25)4/h6-12,15,17,19,22,27,29-30,41H,13-14,16,18H2,1-5H3,(H,35,44)(H,37,45)(H,38,42)(H,39,43)/t22-,27+,29-,30+/m1/s1. The number of benzene rings is 2. The first-order valence-corrected chi connectivity index (χ1v) is 15.4. The molecule has 1 fully saturated rings. The molecule has 0 bridgehead atoms. The minimum Gasteiger partial charge on any atom is -0.391 e. The molecule has 5 amide bonds. The molecule has 1 aliphatic heterocycles. The molecule has 3 aromatic rings. The molecule has 2 heterocycles. The van der Waals surface area contributed by atoms with Crippen LogP contribution >= 0.6 is 0 Å². The number of carbonyl (C=O) groups is 5. The van der Waals surface area contributed by atoms with Gasteiger partial charge >= 0.3 is 0 Å². The summed E-state index contributed by atoms with van der Waals surface area (Å²) in [6.45, 7) is 7.98. The van der Waals surface area contributed by atoms with Crippen LogP contribution in [-0.2, 0) is 25.6 Å². The first-order chi connectivity index (χ1) is 21.8. The first-order valence-electron chi connectivity index (χ1n) is 15.4. The van der Waals surface area contributed by atoms with Gasteiger partial charge in [-0.3, -0.25) is 29.0 Å². The molecule has 4 atom stereocenters. The fourth-order valence-electron chi connectivity index (χ4n) is 5.36. The van der Waals surface area contributed by atoms with Gasteiger partial charge in [0, 0.05) is 24.9 Å². The van der Waals surface area contributed by atoms with Crippen LogP contribution in [0.2, 0.25) is 0 Å². The van der Waals surface area contributed by atoms with Gasteiger partial charge in [0.05, 0.1) is 29.4 Å². The van der Waals surface area contributed by atoms with E-state index in [1.807, 2.05) is 31.2 Å². The minimum absolute atomic E-state index is 0.0705. The molecule has 5 N–H and O–H groups in total. The lowest BCUT2D eigenvalue weighted by Crippen LogP contribution is -2.60. The van der Waals surface area contributed by atoms with Gasteiger partial charge in [-0.15, -0.1) is 0 Å². The van der Waals surface area contributed by atoms with Crippen molar-refractivity contribution in [2.45, 2.75) is 65.3 Å². The van der Waals surface area contributed by atoms with Crippen molar-refractivity contribution >= 4 is 40.4 Å². The molecule has 12 heteroatoms. The topological polar surface area (TPSA) is 170 Å². The van der Waals surface area contributed by atoms with Crippen LogP contribution in [0.25, 0.3) is 10.9 Å². The summed E-state index contributed by atoms with van der Waals surface area (Å²) >= 11 is 0. The van der Waals surface area contributed by atoms with Crippen LogP contribution in [0.4, 0.5) is 0 Å². The Kier molecular flexibility index (Phi) is 11.1. The summed E-state index contributed by atoms with van der Waals surface area (Å²) in [6, 6.07) is 13.0. The fraction of sp³-hybridized carbons (Fsp3) is 0.412. The number of aliphatic hydroxyl groups is 1.